The fourth-order valence-corrected chi connectivity index (χ4v) is 2.61. The molecule has 2 rings (SSSR count). The summed E-state index contributed by atoms with van der Waals surface area (Å²) in [4.78, 5) is 48.1. The van der Waals surface area contributed by atoms with Gasteiger partial charge in [-0.15, -0.1) is 0 Å². The molecule has 0 N–H and O–H groups in total. The van der Waals surface area contributed by atoms with Crippen molar-refractivity contribution in [2.75, 3.05) is 0 Å². The highest BCUT2D eigenvalue weighted by atomic mass is 16.6. The van der Waals surface area contributed by atoms with Crippen molar-refractivity contribution in [3.63, 3.8) is 0 Å². The molecule has 1 aliphatic rings. The molecule has 3 atom stereocenters. The van der Waals surface area contributed by atoms with E-state index in [1.165, 1.54) is 11.8 Å². The normalized spacial score (nSPS) is 22.4. The smallest absolute Gasteiger partial charge is 0.304 e. The van der Waals surface area contributed by atoms with E-state index >= 15 is 0 Å². The van der Waals surface area contributed by atoms with Crippen LogP contribution in [-0.4, -0.2) is 47.2 Å². The molecule has 25 heavy (non-hydrogen) atoms. The Balaban J connectivity index is 2.35. The van der Waals surface area contributed by atoms with Crippen molar-refractivity contribution >= 4 is 23.8 Å². The van der Waals surface area contributed by atoms with Gasteiger partial charge in [-0.25, -0.2) is 0 Å². The standard InChI is InChI=1S/C17H19NO7/c1-10(19)23-14-15(24-11(2)20)17(25-12(3)21)18(16(14)22)9-13-7-5-4-6-8-13/h4-8,14-15,17H,9H2,1-3H3/t14-,15-,17?/m1/s1. The molecule has 0 saturated carbocycles. The number of likely N-dealkylation sites (tertiary alicyclic amines) is 1. The Hall–Kier alpha value is -2.90. The SMILES string of the molecule is CC(=O)OC1[C@H](OC(C)=O)[C@@H](OC(C)=O)C(=O)N1Cc1ccccc1. The molecule has 0 aliphatic carbocycles. The van der Waals surface area contributed by atoms with Gasteiger partial charge in [0.15, 0.2) is 0 Å². The molecule has 1 amide bonds. The highest BCUT2D eigenvalue weighted by Crippen LogP contribution is 2.28. The van der Waals surface area contributed by atoms with Gasteiger partial charge in [0.25, 0.3) is 5.91 Å². The minimum Gasteiger partial charge on any atom is -0.452 e. The monoisotopic (exact) mass is 349 g/mol. The molecular weight excluding hydrogens is 330 g/mol. The van der Waals surface area contributed by atoms with Crippen molar-refractivity contribution < 1.29 is 33.4 Å². The van der Waals surface area contributed by atoms with Crippen LogP contribution in [-0.2, 0) is 39.9 Å². The van der Waals surface area contributed by atoms with Crippen LogP contribution in [0.5, 0.6) is 0 Å². The summed E-state index contributed by atoms with van der Waals surface area (Å²) in [6, 6.07) is 8.99. The average molecular weight is 349 g/mol. The predicted molar refractivity (Wildman–Crippen MR) is 83.7 cm³/mol. The van der Waals surface area contributed by atoms with Gasteiger partial charge < -0.3 is 14.2 Å². The predicted octanol–water partition coefficient (Wildman–Crippen LogP) is 0.781. The van der Waals surface area contributed by atoms with Gasteiger partial charge >= 0.3 is 17.9 Å². The maximum Gasteiger partial charge on any atom is 0.304 e. The topological polar surface area (TPSA) is 99.2 Å². The van der Waals surface area contributed by atoms with Crippen molar-refractivity contribution in [2.24, 2.45) is 0 Å². The fourth-order valence-electron chi connectivity index (χ4n) is 2.61. The highest BCUT2D eigenvalue weighted by molar-refractivity contribution is 5.87. The van der Waals surface area contributed by atoms with E-state index in [0.29, 0.717) is 0 Å². The maximum atomic E-state index is 12.7. The number of carbonyl (C=O) groups excluding carboxylic acids is 4. The first-order chi connectivity index (χ1) is 11.8. The second-order valence-electron chi connectivity index (χ2n) is 5.56. The lowest BCUT2D eigenvalue weighted by Crippen LogP contribution is -2.42. The lowest BCUT2D eigenvalue weighted by molar-refractivity contribution is -0.180. The Labute approximate surface area is 144 Å². The van der Waals surface area contributed by atoms with E-state index in [1.54, 1.807) is 24.3 Å². The zero-order valence-corrected chi connectivity index (χ0v) is 14.1. The molecule has 1 aliphatic heterocycles. The first kappa shape index (κ1) is 18.4. The van der Waals surface area contributed by atoms with Gasteiger partial charge in [-0.2, -0.15) is 0 Å². The highest BCUT2D eigenvalue weighted by Gasteiger charge is 2.54. The van der Waals surface area contributed by atoms with Gasteiger partial charge in [0.1, 0.15) is 0 Å². The number of ether oxygens (including phenoxy) is 3. The van der Waals surface area contributed by atoms with Crippen LogP contribution in [0.3, 0.4) is 0 Å². The number of benzene rings is 1. The number of amides is 1. The molecule has 1 fully saturated rings. The van der Waals surface area contributed by atoms with Gasteiger partial charge in [-0.3, -0.25) is 24.1 Å². The fraction of sp³-hybridized carbons (Fsp3) is 0.412. The van der Waals surface area contributed by atoms with E-state index in [0.717, 1.165) is 19.4 Å². The largest absolute Gasteiger partial charge is 0.452 e. The number of carbonyl (C=O) groups is 4. The number of nitrogens with zero attached hydrogens (tertiary/aromatic N) is 1. The molecule has 0 aromatic heterocycles. The van der Waals surface area contributed by atoms with Gasteiger partial charge in [0.05, 0.1) is 0 Å². The van der Waals surface area contributed by atoms with Crippen LogP contribution in [0.25, 0.3) is 0 Å². The molecule has 1 unspecified atom stereocenters. The van der Waals surface area contributed by atoms with E-state index in [-0.39, 0.29) is 6.54 Å². The van der Waals surface area contributed by atoms with Crippen LogP contribution < -0.4 is 0 Å². The third kappa shape index (κ3) is 4.56. The lowest BCUT2D eigenvalue weighted by atomic mass is 10.2. The Morgan fingerprint density at radius 3 is 2.00 bits per heavy atom. The van der Waals surface area contributed by atoms with Gasteiger partial charge in [0.2, 0.25) is 18.4 Å². The molecule has 0 radical (unpaired) electrons. The second kappa shape index (κ2) is 7.78. The summed E-state index contributed by atoms with van der Waals surface area (Å²) < 4.78 is 15.3. The minimum absolute atomic E-state index is 0.104. The molecule has 1 heterocycles. The van der Waals surface area contributed by atoms with Gasteiger partial charge in [-0.05, 0) is 5.56 Å². The zero-order chi connectivity index (χ0) is 18.6. The van der Waals surface area contributed by atoms with E-state index in [9.17, 15) is 19.2 Å². The second-order valence-corrected chi connectivity index (χ2v) is 5.56. The third-order valence-corrected chi connectivity index (χ3v) is 3.49. The zero-order valence-electron chi connectivity index (χ0n) is 14.1. The van der Waals surface area contributed by atoms with Crippen LogP contribution in [0, 0.1) is 0 Å². The van der Waals surface area contributed by atoms with Gasteiger partial charge in [-0.1, -0.05) is 30.3 Å². The molecule has 8 nitrogen and oxygen atoms in total. The number of esters is 3. The Bertz CT molecular complexity index is 673. The number of rotatable bonds is 5. The van der Waals surface area contributed by atoms with E-state index in [4.69, 9.17) is 14.2 Å². The summed E-state index contributed by atoms with van der Waals surface area (Å²) in [6.07, 6.45) is -3.78. The average Bonchev–Trinajstić information content (AvgIpc) is 2.73. The summed E-state index contributed by atoms with van der Waals surface area (Å²) >= 11 is 0. The summed E-state index contributed by atoms with van der Waals surface area (Å²) in [6.45, 7) is 3.57. The summed E-state index contributed by atoms with van der Waals surface area (Å²) in [7, 11) is 0. The molecule has 8 heteroatoms. The van der Waals surface area contributed by atoms with Crippen LogP contribution in [0.4, 0.5) is 0 Å². The van der Waals surface area contributed by atoms with Crippen LogP contribution in [0.1, 0.15) is 26.3 Å². The van der Waals surface area contributed by atoms with Crippen molar-refractivity contribution in [1.82, 2.24) is 4.90 Å². The summed E-state index contributed by atoms with van der Waals surface area (Å²) in [5, 5.41) is 0. The molecule has 0 spiro atoms. The van der Waals surface area contributed by atoms with Crippen LogP contribution in [0.2, 0.25) is 0 Å². The van der Waals surface area contributed by atoms with Crippen molar-refractivity contribution in [3.05, 3.63) is 35.9 Å². The Kier molecular flexibility index (Phi) is 5.74. The lowest BCUT2D eigenvalue weighted by Gasteiger charge is -2.26. The summed E-state index contributed by atoms with van der Waals surface area (Å²) in [5.41, 5.74) is 0.776. The van der Waals surface area contributed by atoms with Crippen molar-refractivity contribution in [3.8, 4) is 0 Å². The quantitative estimate of drug-likeness (QED) is 0.572. The molecule has 0 bridgehead atoms. The van der Waals surface area contributed by atoms with Crippen LogP contribution in [0.15, 0.2) is 30.3 Å². The molecule has 134 valence electrons. The van der Waals surface area contributed by atoms with E-state index in [2.05, 4.69) is 0 Å². The minimum atomic E-state index is -1.37. The van der Waals surface area contributed by atoms with Crippen molar-refractivity contribution in [2.45, 2.75) is 45.8 Å². The van der Waals surface area contributed by atoms with E-state index in [1.807, 2.05) is 6.07 Å². The van der Waals surface area contributed by atoms with E-state index < -0.39 is 42.3 Å². The number of hydrogen-bond acceptors (Lipinski definition) is 7. The maximum absolute atomic E-state index is 12.7. The Morgan fingerprint density at radius 2 is 1.48 bits per heavy atom. The van der Waals surface area contributed by atoms with Crippen molar-refractivity contribution in [1.29, 1.82) is 0 Å². The molecule has 1 saturated heterocycles. The molecule has 1 aromatic carbocycles. The summed E-state index contributed by atoms with van der Waals surface area (Å²) in [5.74, 6) is -2.65. The number of hydrogen-bond donors (Lipinski definition) is 0. The Morgan fingerprint density at radius 1 is 0.920 bits per heavy atom. The van der Waals surface area contributed by atoms with Gasteiger partial charge in [0, 0.05) is 27.3 Å². The molecular formula is C17H19NO7. The first-order valence-electron chi connectivity index (χ1n) is 7.65. The third-order valence-electron chi connectivity index (χ3n) is 3.49. The van der Waals surface area contributed by atoms with Crippen LogP contribution >= 0.6 is 0 Å². The first-order valence-corrected chi connectivity index (χ1v) is 7.65. The molecule has 1 aromatic rings.